The number of rotatable bonds is 6. The third-order valence-corrected chi connectivity index (χ3v) is 3.94. The first kappa shape index (κ1) is 19.9. The van der Waals surface area contributed by atoms with E-state index in [0.29, 0.717) is 19.4 Å². The summed E-state index contributed by atoms with van der Waals surface area (Å²) in [5, 5.41) is 5.73. The van der Waals surface area contributed by atoms with Crippen LogP contribution in [0.1, 0.15) is 46.5 Å². The van der Waals surface area contributed by atoms with Crippen LogP contribution in [0.5, 0.6) is 0 Å². The lowest BCUT2D eigenvalue weighted by Gasteiger charge is -2.32. The fourth-order valence-electron chi connectivity index (χ4n) is 2.73. The molecular formula is C18H29N5O3. The van der Waals surface area contributed by atoms with Gasteiger partial charge in [-0.15, -0.1) is 0 Å². The molecule has 144 valence electrons. The molecule has 1 fully saturated rings. The molecule has 0 bridgehead atoms. The Morgan fingerprint density at radius 2 is 1.88 bits per heavy atom. The molecule has 2 amide bonds. The number of carbonyl (C=O) groups excluding carboxylic acids is 2. The molecule has 0 aliphatic carbocycles. The van der Waals surface area contributed by atoms with Gasteiger partial charge < -0.3 is 20.3 Å². The van der Waals surface area contributed by atoms with Gasteiger partial charge in [0.25, 0.3) is 0 Å². The molecular weight excluding hydrogens is 334 g/mol. The molecule has 1 aliphatic rings. The van der Waals surface area contributed by atoms with E-state index in [2.05, 4.69) is 25.5 Å². The summed E-state index contributed by atoms with van der Waals surface area (Å²) in [7, 11) is 0. The highest BCUT2D eigenvalue weighted by atomic mass is 16.6. The number of alkyl carbamates (subject to hydrolysis) is 1. The minimum Gasteiger partial charge on any atom is -0.444 e. The van der Waals surface area contributed by atoms with Crippen molar-refractivity contribution in [2.24, 2.45) is 0 Å². The maximum Gasteiger partial charge on any atom is 0.407 e. The van der Waals surface area contributed by atoms with Gasteiger partial charge in [-0.25, -0.2) is 14.8 Å². The molecule has 0 spiro atoms. The number of nitrogens with zero attached hydrogens (tertiary/aromatic N) is 3. The summed E-state index contributed by atoms with van der Waals surface area (Å²) in [6.45, 7) is 7.52. The fourth-order valence-corrected chi connectivity index (χ4v) is 2.73. The van der Waals surface area contributed by atoms with Gasteiger partial charge in [0.2, 0.25) is 11.9 Å². The number of aromatic nitrogens is 2. The lowest BCUT2D eigenvalue weighted by atomic mass is 10.1. The highest BCUT2D eigenvalue weighted by Gasteiger charge is 2.22. The van der Waals surface area contributed by atoms with E-state index in [-0.39, 0.29) is 11.9 Å². The average Bonchev–Trinajstić information content (AvgIpc) is 2.59. The highest BCUT2D eigenvalue weighted by molar-refractivity contribution is 5.76. The molecule has 8 heteroatoms. The number of amides is 2. The van der Waals surface area contributed by atoms with Gasteiger partial charge in [0.1, 0.15) is 5.60 Å². The van der Waals surface area contributed by atoms with Gasteiger partial charge >= 0.3 is 6.09 Å². The van der Waals surface area contributed by atoms with Crippen molar-refractivity contribution in [3.8, 4) is 0 Å². The number of carbonyl (C=O) groups is 2. The summed E-state index contributed by atoms with van der Waals surface area (Å²) >= 11 is 0. The van der Waals surface area contributed by atoms with Gasteiger partial charge in [-0.1, -0.05) is 0 Å². The van der Waals surface area contributed by atoms with Crippen LogP contribution < -0.4 is 15.5 Å². The Morgan fingerprint density at radius 1 is 1.23 bits per heavy atom. The van der Waals surface area contributed by atoms with E-state index in [1.54, 1.807) is 18.5 Å². The Bertz CT molecular complexity index is 580. The van der Waals surface area contributed by atoms with Gasteiger partial charge in [-0.05, 0) is 46.1 Å². The van der Waals surface area contributed by atoms with Crippen LogP contribution in [0.2, 0.25) is 0 Å². The SMILES string of the molecule is CC(C)(C)OC(=O)NCCCC(=O)NC1CCN(c2ncccn2)CC1. The molecule has 2 rings (SSSR count). The summed E-state index contributed by atoms with van der Waals surface area (Å²) in [5.41, 5.74) is -0.513. The summed E-state index contributed by atoms with van der Waals surface area (Å²) < 4.78 is 5.15. The van der Waals surface area contributed by atoms with Crippen molar-refractivity contribution in [2.45, 2.75) is 58.1 Å². The van der Waals surface area contributed by atoms with Crippen LogP contribution in [-0.4, -0.2) is 53.2 Å². The van der Waals surface area contributed by atoms with Crippen molar-refractivity contribution < 1.29 is 14.3 Å². The van der Waals surface area contributed by atoms with E-state index < -0.39 is 11.7 Å². The van der Waals surface area contributed by atoms with Crippen LogP contribution in [0.4, 0.5) is 10.7 Å². The van der Waals surface area contributed by atoms with Crippen LogP contribution in [0, 0.1) is 0 Å². The summed E-state index contributed by atoms with van der Waals surface area (Å²) in [4.78, 5) is 34.2. The predicted molar refractivity (Wildman–Crippen MR) is 98.9 cm³/mol. The van der Waals surface area contributed by atoms with E-state index in [4.69, 9.17) is 4.74 Å². The molecule has 1 aromatic heterocycles. The van der Waals surface area contributed by atoms with E-state index in [1.165, 1.54) is 0 Å². The highest BCUT2D eigenvalue weighted by Crippen LogP contribution is 2.15. The molecule has 8 nitrogen and oxygen atoms in total. The molecule has 1 saturated heterocycles. The first-order chi connectivity index (χ1) is 12.3. The number of hydrogen-bond donors (Lipinski definition) is 2. The third kappa shape index (κ3) is 7.25. The first-order valence-corrected chi connectivity index (χ1v) is 9.12. The van der Waals surface area contributed by atoms with Crippen molar-refractivity contribution in [3.63, 3.8) is 0 Å². The summed E-state index contributed by atoms with van der Waals surface area (Å²) in [6, 6.07) is 1.98. The quantitative estimate of drug-likeness (QED) is 0.749. The molecule has 0 unspecified atom stereocenters. The van der Waals surface area contributed by atoms with Gasteiger partial charge in [-0.2, -0.15) is 0 Å². The van der Waals surface area contributed by atoms with Gasteiger partial charge in [0.15, 0.2) is 0 Å². The molecule has 2 N–H and O–H groups in total. The van der Waals surface area contributed by atoms with Gasteiger partial charge in [0, 0.05) is 44.5 Å². The zero-order valence-corrected chi connectivity index (χ0v) is 15.8. The summed E-state index contributed by atoms with van der Waals surface area (Å²) in [6.07, 6.45) is 5.75. The Hall–Kier alpha value is -2.38. The van der Waals surface area contributed by atoms with Crippen molar-refractivity contribution in [1.82, 2.24) is 20.6 Å². The van der Waals surface area contributed by atoms with E-state index in [0.717, 1.165) is 31.9 Å². The number of hydrogen-bond acceptors (Lipinski definition) is 6. The molecule has 0 aromatic carbocycles. The minimum absolute atomic E-state index is 0.0189. The van der Waals surface area contributed by atoms with Crippen molar-refractivity contribution in [3.05, 3.63) is 18.5 Å². The predicted octanol–water partition coefficient (Wildman–Crippen LogP) is 1.87. The zero-order chi connectivity index (χ0) is 19.0. The maximum absolute atomic E-state index is 12.0. The largest absolute Gasteiger partial charge is 0.444 e. The van der Waals surface area contributed by atoms with E-state index >= 15 is 0 Å². The molecule has 2 heterocycles. The Labute approximate surface area is 154 Å². The zero-order valence-electron chi connectivity index (χ0n) is 15.8. The monoisotopic (exact) mass is 363 g/mol. The molecule has 1 aromatic rings. The lowest BCUT2D eigenvalue weighted by molar-refractivity contribution is -0.122. The maximum atomic E-state index is 12.0. The molecule has 0 saturated carbocycles. The number of ether oxygens (including phenoxy) is 1. The van der Waals surface area contributed by atoms with Crippen LogP contribution in [0.3, 0.4) is 0 Å². The van der Waals surface area contributed by atoms with Crippen LogP contribution in [0.25, 0.3) is 0 Å². The standard InChI is InChI=1S/C18H29N5O3/c1-18(2,3)26-17(25)21-9-4-6-15(24)22-14-7-12-23(13-8-14)16-19-10-5-11-20-16/h5,10-11,14H,4,6-9,12-13H2,1-3H3,(H,21,25)(H,22,24). The number of nitrogens with one attached hydrogen (secondary N) is 2. The number of anilines is 1. The van der Waals surface area contributed by atoms with E-state index in [1.807, 2.05) is 20.8 Å². The smallest absolute Gasteiger partial charge is 0.407 e. The van der Waals surface area contributed by atoms with Crippen molar-refractivity contribution >= 4 is 17.9 Å². The Morgan fingerprint density at radius 3 is 2.50 bits per heavy atom. The van der Waals surface area contributed by atoms with E-state index in [9.17, 15) is 9.59 Å². The van der Waals surface area contributed by atoms with Gasteiger partial charge in [-0.3, -0.25) is 4.79 Å². The van der Waals surface area contributed by atoms with Crippen LogP contribution in [0.15, 0.2) is 18.5 Å². The second-order valence-electron chi connectivity index (χ2n) is 7.41. The van der Waals surface area contributed by atoms with Crippen molar-refractivity contribution in [2.75, 3.05) is 24.5 Å². The van der Waals surface area contributed by atoms with Gasteiger partial charge in [0.05, 0.1) is 0 Å². The second kappa shape index (κ2) is 9.35. The van der Waals surface area contributed by atoms with Crippen LogP contribution in [-0.2, 0) is 9.53 Å². The third-order valence-electron chi connectivity index (χ3n) is 3.94. The molecule has 26 heavy (non-hydrogen) atoms. The average molecular weight is 363 g/mol. The Balaban J connectivity index is 1.58. The minimum atomic E-state index is -0.513. The summed E-state index contributed by atoms with van der Waals surface area (Å²) in [5.74, 6) is 0.760. The van der Waals surface area contributed by atoms with Crippen molar-refractivity contribution in [1.29, 1.82) is 0 Å². The second-order valence-corrected chi connectivity index (χ2v) is 7.41. The first-order valence-electron chi connectivity index (χ1n) is 9.12. The normalized spacial score (nSPS) is 15.4. The number of piperidine rings is 1. The molecule has 0 atom stereocenters. The topological polar surface area (TPSA) is 96.4 Å². The lowest BCUT2D eigenvalue weighted by Crippen LogP contribution is -2.45. The fraction of sp³-hybridized carbons (Fsp3) is 0.667. The van der Waals surface area contributed by atoms with Crippen LogP contribution >= 0.6 is 0 Å². The molecule has 1 aliphatic heterocycles. The molecule has 0 radical (unpaired) electrons. The Kier molecular flexibility index (Phi) is 7.17.